The fourth-order valence-corrected chi connectivity index (χ4v) is 1.60. The molecule has 3 heteroatoms. The summed E-state index contributed by atoms with van der Waals surface area (Å²) in [5.74, 6) is 1.12. The average molecular weight is 220 g/mol. The molecular weight excluding hydrogens is 204 g/mol. The first-order chi connectivity index (χ1) is 7.83. The van der Waals surface area contributed by atoms with Crippen molar-refractivity contribution in [3.05, 3.63) is 29.8 Å². The number of carbonyl (C=O) groups is 1. The maximum Gasteiger partial charge on any atom is 0.169 e. The minimum absolute atomic E-state index is 0.216. The molecule has 1 aliphatic carbocycles. The second-order valence-corrected chi connectivity index (χ2v) is 3.98. The van der Waals surface area contributed by atoms with Gasteiger partial charge >= 0.3 is 0 Å². The third kappa shape index (κ3) is 2.61. The number of hydrogen-bond acceptors (Lipinski definition) is 3. The monoisotopic (exact) mass is 220 g/mol. The average Bonchev–Trinajstić information content (AvgIpc) is 3.13. The maximum atomic E-state index is 11.9. The van der Waals surface area contributed by atoms with Crippen LogP contribution in [-0.4, -0.2) is 26.1 Å². The number of hydrogen-bond donors (Lipinski definition) is 0. The molecule has 3 nitrogen and oxygen atoms in total. The summed E-state index contributed by atoms with van der Waals surface area (Å²) < 4.78 is 10.4. The zero-order chi connectivity index (χ0) is 11.4. The van der Waals surface area contributed by atoms with E-state index in [0.29, 0.717) is 24.5 Å². The quantitative estimate of drug-likeness (QED) is 0.545. The Morgan fingerprint density at radius 3 is 2.75 bits per heavy atom. The highest BCUT2D eigenvalue weighted by atomic mass is 16.5. The van der Waals surface area contributed by atoms with Gasteiger partial charge in [0.25, 0.3) is 0 Å². The minimum Gasteiger partial charge on any atom is -0.490 e. The van der Waals surface area contributed by atoms with Crippen molar-refractivity contribution in [2.75, 3.05) is 20.3 Å². The fraction of sp³-hybridized carbons (Fsp3) is 0.462. The highest BCUT2D eigenvalue weighted by Crippen LogP contribution is 2.35. The molecule has 0 amide bonds. The molecule has 0 unspecified atom stereocenters. The lowest BCUT2D eigenvalue weighted by molar-refractivity contribution is 0.0960. The normalized spacial score (nSPS) is 14.8. The molecule has 1 aliphatic rings. The predicted molar refractivity (Wildman–Crippen MR) is 60.9 cm³/mol. The Balaban J connectivity index is 2.07. The van der Waals surface area contributed by atoms with E-state index in [4.69, 9.17) is 9.47 Å². The molecule has 0 aromatic heterocycles. The molecule has 0 spiro atoms. The largest absolute Gasteiger partial charge is 0.490 e. The molecule has 0 bridgehead atoms. The van der Waals surface area contributed by atoms with Crippen molar-refractivity contribution in [2.24, 2.45) is 5.92 Å². The Labute approximate surface area is 95.4 Å². The molecule has 2 rings (SSSR count). The Morgan fingerprint density at radius 1 is 1.31 bits per heavy atom. The van der Waals surface area contributed by atoms with Crippen LogP contribution in [0.5, 0.6) is 5.75 Å². The van der Waals surface area contributed by atoms with Crippen LogP contribution >= 0.6 is 0 Å². The van der Waals surface area contributed by atoms with Crippen LogP contribution in [-0.2, 0) is 4.74 Å². The van der Waals surface area contributed by atoms with Gasteiger partial charge in [-0.2, -0.15) is 0 Å². The zero-order valence-electron chi connectivity index (χ0n) is 9.44. The highest BCUT2D eigenvalue weighted by Gasteiger charge is 2.31. The lowest BCUT2D eigenvalue weighted by Gasteiger charge is -2.09. The van der Waals surface area contributed by atoms with Crippen LogP contribution in [0, 0.1) is 5.92 Å². The first kappa shape index (κ1) is 11.1. The van der Waals surface area contributed by atoms with Crippen molar-refractivity contribution in [3.63, 3.8) is 0 Å². The van der Waals surface area contributed by atoms with Crippen molar-refractivity contribution >= 4 is 5.78 Å². The summed E-state index contributed by atoms with van der Waals surface area (Å²) in [5.41, 5.74) is 0.709. The smallest absolute Gasteiger partial charge is 0.169 e. The number of rotatable bonds is 6. The van der Waals surface area contributed by atoms with Crippen LogP contribution in [0.4, 0.5) is 0 Å². The third-order valence-electron chi connectivity index (χ3n) is 2.65. The molecule has 1 aromatic rings. The van der Waals surface area contributed by atoms with E-state index < -0.39 is 0 Å². The number of ether oxygens (including phenoxy) is 2. The molecule has 86 valence electrons. The van der Waals surface area contributed by atoms with Crippen LogP contribution in [0.25, 0.3) is 0 Å². The van der Waals surface area contributed by atoms with Crippen LogP contribution in [0.1, 0.15) is 23.2 Å². The summed E-state index contributed by atoms with van der Waals surface area (Å²) in [6.07, 6.45) is 2.04. The van der Waals surface area contributed by atoms with Crippen molar-refractivity contribution in [1.29, 1.82) is 0 Å². The van der Waals surface area contributed by atoms with Gasteiger partial charge < -0.3 is 9.47 Å². The van der Waals surface area contributed by atoms with Gasteiger partial charge in [-0.05, 0) is 25.0 Å². The lowest BCUT2D eigenvalue weighted by Crippen LogP contribution is -2.09. The molecule has 0 aliphatic heterocycles. The van der Waals surface area contributed by atoms with E-state index in [9.17, 15) is 4.79 Å². The molecule has 1 saturated carbocycles. The number of carbonyl (C=O) groups excluding carboxylic acids is 1. The number of methoxy groups -OCH3 is 1. The molecule has 0 radical (unpaired) electrons. The van der Waals surface area contributed by atoms with E-state index in [2.05, 4.69) is 0 Å². The van der Waals surface area contributed by atoms with Crippen molar-refractivity contribution in [1.82, 2.24) is 0 Å². The number of benzene rings is 1. The topological polar surface area (TPSA) is 35.5 Å². The van der Waals surface area contributed by atoms with Gasteiger partial charge in [0.05, 0.1) is 12.2 Å². The van der Waals surface area contributed by atoms with Crippen LogP contribution < -0.4 is 4.74 Å². The van der Waals surface area contributed by atoms with Crippen LogP contribution in [0.2, 0.25) is 0 Å². The fourth-order valence-electron chi connectivity index (χ4n) is 1.60. The molecule has 1 aromatic carbocycles. The van der Waals surface area contributed by atoms with E-state index >= 15 is 0 Å². The Hall–Kier alpha value is -1.35. The summed E-state index contributed by atoms with van der Waals surface area (Å²) in [6.45, 7) is 1.01. The summed E-state index contributed by atoms with van der Waals surface area (Å²) >= 11 is 0. The van der Waals surface area contributed by atoms with Gasteiger partial charge in [0.1, 0.15) is 12.4 Å². The van der Waals surface area contributed by atoms with Crippen LogP contribution in [0.15, 0.2) is 24.3 Å². The summed E-state index contributed by atoms with van der Waals surface area (Å²) in [6, 6.07) is 7.43. The van der Waals surface area contributed by atoms with Gasteiger partial charge in [-0.25, -0.2) is 0 Å². The van der Waals surface area contributed by atoms with Crippen LogP contribution in [0.3, 0.4) is 0 Å². The van der Waals surface area contributed by atoms with Gasteiger partial charge in [0.2, 0.25) is 0 Å². The molecule has 0 heterocycles. The first-order valence-electron chi connectivity index (χ1n) is 5.58. The summed E-state index contributed by atoms with van der Waals surface area (Å²) in [7, 11) is 1.63. The van der Waals surface area contributed by atoms with Gasteiger partial charge in [-0.3, -0.25) is 4.79 Å². The molecule has 0 N–H and O–H groups in total. The second kappa shape index (κ2) is 5.12. The van der Waals surface area contributed by atoms with Crippen molar-refractivity contribution in [2.45, 2.75) is 12.8 Å². The maximum absolute atomic E-state index is 11.9. The number of ketones is 1. The predicted octanol–water partition coefficient (Wildman–Crippen LogP) is 2.30. The molecule has 16 heavy (non-hydrogen) atoms. The van der Waals surface area contributed by atoms with Crippen molar-refractivity contribution in [3.8, 4) is 5.75 Å². The van der Waals surface area contributed by atoms with E-state index in [1.54, 1.807) is 7.11 Å². The van der Waals surface area contributed by atoms with E-state index in [-0.39, 0.29) is 11.7 Å². The van der Waals surface area contributed by atoms with Gasteiger partial charge in [-0.1, -0.05) is 12.1 Å². The van der Waals surface area contributed by atoms with Gasteiger partial charge in [0.15, 0.2) is 5.78 Å². The Bertz CT molecular complexity index is 369. The standard InChI is InChI=1S/C13H16O3/c1-15-8-9-16-12-5-3-2-4-11(12)13(14)10-6-7-10/h2-5,10H,6-9H2,1H3. The summed E-state index contributed by atoms with van der Waals surface area (Å²) in [4.78, 5) is 11.9. The number of para-hydroxylation sites is 1. The van der Waals surface area contributed by atoms with E-state index in [1.165, 1.54) is 0 Å². The molecule has 1 fully saturated rings. The minimum atomic E-state index is 0.216. The third-order valence-corrected chi connectivity index (χ3v) is 2.65. The first-order valence-corrected chi connectivity index (χ1v) is 5.58. The Morgan fingerprint density at radius 2 is 2.06 bits per heavy atom. The summed E-state index contributed by atoms with van der Waals surface area (Å²) in [5, 5.41) is 0. The SMILES string of the molecule is COCCOc1ccccc1C(=O)C1CC1. The molecular formula is C13H16O3. The Kier molecular flexibility index (Phi) is 3.57. The van der Waals surface area contributed by atoms with Gasteiger partial charge in [-0.15, -0.1) is 0 Å². The number of Topliss-reactive ketones (excluding diaryl/α,β-unsaturated/α-hetero) is 1. The highest BCUT2D eigenvalue weighted by molar-refractivity contribution is 6.01. The lowest BCUT2D eigenvalue weighted by atomic mass is 10.1. The molecule has 0 atom stereocenters. The second-order valence-electron chi connectivity index (χ2n) is 3.98. The van der Waals surface area contributed by atoms with Gasteiger partial charge in [0, 0.05) is 13.0 Å². The molecule has 0 saturated heterocycles. The van der Waals surface area contributed by atoms with E-state index in [1.807, 2.05) is 24.3 Å². The van der Waals surface area contributed by atoms with Crippen molar-refractivity contribution < 1.29 is 14.3 Å². The zero-order valence-corrected chi connectivity index (χ0v) is 9.44. The van der Waals surface area contributed by atoms with E-state index in [0.717, 1.165) is 12.8 Å².